The molecule has 5 aromatic rings. The molecule has 0 radical (unpaired) electrons. The number of fused-ring (bicyclic) bond motifs is 5. The highest BCUT2D eigenvalue weighted by Gasteiger charge is 2.42. The number of aromatic carboxylic acids is 1. The number of aromatic amines is 1. The molecule has 2 aliphatic heterocycles. The zero-order chi connectivity index (χ0) is 39.5. The Labute approximate surface area is 312 Å². The van der Waals surface area contributed by atoms with Crippen LogP contribution in [0.4, 0.5) is 25.0 Å². The van der Waals surface area contributed by atoms with Crippen LogP contribution in [0, 0.1) is 17.6 Å². The molecule has 2 atom stereocenters. The number of benzene rings is 1. The molecule has 3 amide bonds. The maximum atomic E-state index is 16.3. The molecular formula is C38H40F2N8O7. The van der Waals surface area contributed by atoms with Gasteiger partial charge in [0.15, 0.2) is 11.6 Å². The number of likely N-dealkylation sites (tertiary alicyclic amines) is 1. The van der Waals surface area contributed by atoms with E-state index in [9.17, 15) is 29.1 Å². The zero-order valence-electron chi connectivity index (χ0n) is 30.8. The number of pyridine rings is 3. The van der Waals surface area contributed by atoms with Crippen molar-refractivity contribution in [3.8, 4) is 11.1 Å². The molecule has 2 saturated heterocycles. The second-order valence-corrected chi connectivity index (χ2v) is 15.0. The summed E-state index contributed by atoms with van der Waals surface area (Å²) >= 11 is 0. The lowest BCUT2D eigenvalue weighted by Crippen LogP contribution is -2.43. The number of carboxylic acids is 1. The van der Waals surface area contributed by atoms with E-state index in [1.807, 2.05) is 7.05 Å². The summed E-state index contributed by atoms with van der Waals surface area (Å²) in [5.74, 6) is -4.78. The van der Waals surface area contributed by atoms with Crippen molar-refractivity contribution in [1.29, 1.82) is 0 Å². The Balaban J connectivity index is 1.31. The summed E-state index contributed by atoms with van der Waals surface area (Å²) in [6.07, 6.45) is 3.14. The number of carbonyl (C=O) groups excluding carboxylic acids is 3. The van der Waals surface area contributed by atoms with Crippen LogP contribution in [0.15, 0.2) is 47.5 Å². The van der Waals surface area contributed by atoms with E-state index in [4.69, 9.17) is 4.74 Å². The number of H-pyrrole nitrogens is 1. The number of carbonyl (C=O) groups is 4. The van der Waals surface area contributed by atoms with E-state index in [1.165, 1.54) is 29.8 Å². The minimum absolute atomic E-state index is 0.0103. The molecule has 17 heteroatoms. The van der Waals surface area contributed by atoms with Crippen LogP contribution in [0.2, 0.25) is 0 Å². The van der Waals surface area contributed by atoms with Gasteiger partial charge in [0.1, 0.15) is 23.4 Å². The highest BCUT2D eigenvalue weighted by atomic mass is 19.2. The molecule has 15 nitrogen and oxygen atoms in total. The van der Waals surface area contributed by atoms with Gasteiger partial charge in [0.05, 0.1) is 34.2 Å². The molecule has 2 aliphatic rings. The normalized spacial score (nSPS) is 17.2. The first-order valence-electron chi connectivity index (χ1n) is 17.7. The second kappa shape index (κ2) is 14.0. The van der Waals surface area contributed by atoms with E-state index in [0.29, 0.717) is 41.3 Å². The van der Waals surface area contributed by atoms with Crippen LogP contribution in [-0.4, -0.2) is 107 Å². The van der Waals surface area contributed by atoms with Crippen molar-refractivity contribution in [2.45, 2.75) is 38.8 Å². The van der Waals surface area contributed by atoms with Crippen LogP contribution in [0.25, 0.3) is 38.6 Å². The first-order valence-corrected chi connectivity index (χ1v) is 17.7. The molecule has 6 heterocycles. The third-order valence-electron chi connectivity index (χ3n) is 10.1. The van der Waals surface area contributed by atoms with Crippen molar-refractivity contribution in [2.75, 3.05) is 56.6 Å². The van der Waals surface area contributed by atoms with E-state index in [-0.39, 0.29) is 33.7 Å². The Kier molecular flexibility index (Phi) is 9.44. The molecule has 0 saturated carbocycles. The van der Waals surface area contributed by atoms with Crippen LogP contribution in [0.3, 0.4) is 0 Å². The third-order valence-corrected chi connectivity index (χ3v) is 10.1. The lowest BCUT2D eigenvalue weighted by molar-refractivity contribution is -0.124. The summed E-state index contributed by atoms with van der Waals surface area (Å²) in [5.41, 5.74) is 0.412. The first-order chi connectivity index (χ1) is 26.0. The molecule has 0 spiro atoms. The number of hydrogen-bond acceptors (Lipinski definition) is 9. The second-order valence-electron chi connectivity index (χ2n) is 15.0. The van der Waals surface area contributed by atoms with Gasteiger partial charge in [-0.25, -0.2) is 23.4 Å². The number of nitrogens with one attached hydrogen (secondary N) is 3. The third kappa shape index (κ3) is 6.90. The maximum Gasteiger partial charge on any atom is 0.408 e. The first kappa shape index (κ1) is 37.2. The van der Waals surface area contributed by atoms with Gasteiger partial charge < -0.3 is 40.2 Å². The smallest absolute Gasteiger partial charge is 0.408 e. The summed E-state index contributed by atoms with van der Waals surface area (Å²) in [7, 11) is 3.39. The number of alkyl carbamates (subject to hydrolysis) is 1. The summed E-state index contributed by atoms with van der Waals surface area (Å²) in [6.45, 7) is 6.21. The van der Waals surface area contributed by atoms with Crippen LogP contribution >= 0.6 is 0 Å². The van der Waals surface area contributed by atoms with Crippen LogP contribution < -0.4 is 26.0 Å². The molecule has 4 N–H and O–H groups in total. The molecular weight excluding hydrogens is 718 g/mol. The maximum absolute atomic E-state index is 16.3. The highest BCUT2D eigenvalue weighted by molar-refractivity contribution is 6.19. The Bertz CT molecular complexity index is 2480. The lowest BCUT2D eigenvalue weighted by atomic mass is 10.00. The van der Waals surface area contributed by atoms with Gasteiger partial charge in [-0.15, -0.1) is 0 Å². The van der Waals surface area contributed by atoms with E-state index >= 15 is 8.78 Å². The van der Waals surface area contributed by atoms with E-state index in [1.54, 1.807) is 39.1 Å². The molecule has 0 unspecified atom stereocenters. The summed E-state index contributed by atoms with van der Waals surface area (Å²) in [5, 5.41) is 14.5. The Morgan fingerprint density at radius 2 is 1.82 bits per heavy atom. The fraction of sp³-hybridized carbons (Fsp3) is 0.368. The van der Waals surface area contributed by atoms with E-state index in [0.717, 1.165) is 23.9 Å². The number of amides is 3. The van der Waals surface area contributed by atoms with E-state index in [2.05, 4.69) is 30.4 Å². The molecule has 7 rings (SSSR count). The molecule has 2 fully saturated rings. The summed E-state index contributed by atoms with van der Waals surface area (Å²) in [6, 6.07) is 7.13. The number of hydrogen-bond donors (Lipinski definition) is 4. The topological polar surface area (TPSA) is 182 Å². The monoisotopic (exact) mass is 758 g/mol. The predicted molar refractivity (Wildman–Crippen MR) is 201 cm³/mol. The number of ether oxygens (including phenoxy) is 1. The Morgan fingerprint density at radius 1 is 1.07 bits per heavy atom. The standard InChI is InChI=1S/C38H40F2N8O7/c1-38(2,3)55-37(54)43-14-27(49)41-15-28(50)46(5)25-12-24(39)31(40)29-30-33(47-11-10-20-16-45(4)18-26(20)47)23(13-42-34(30)44-32(25)29)19-6-7-21-8-9-22(36(52)53)35(51)48(21)17-19/h6-9,12-13,17,20,26H,10-11,14-16,18H2,1-5H3,(H,41,49)(H,42,44)(H,43,54)(H,52,53)/t20-,26+/m0/s1. The molecule has 4 aromatic heterocycles. The van der Waals surface area contributed by atoms with Crippen LogP contribution in [0.1, 0.15) is 37.6 Å². The number of rotatable bonds is 8. The van der Waals surface area contributed by atoms with Gasteiger partial charge in [-0.05, 0) is 58.4 Å². The molecule has 55 heavy (non-hydrogen) atoms. The highest BCUT2D eigenvalue weighted by Crippen LogP contribution is 2.47. The predicted octanol–water partition coefficient (Wildman–Crippen LogP) is 3.72. The van der Waals surface area contributed by atoms with Crippen LogP contribution in [-0.2, 0) is 14.3 Å². The van der Waals surface area contributed by atoms with Crippen molar-refractivity contribution in [3.05, 3.63) is 70.3 Å². The minimum Gasteiger partial charge on any atom is -0.477 e. The number of carboxylic acid groups (broad SMARTS) is 1. The van der Waals surface area contributed by atoms with Crippen LogP contribution in [0.5, 0.6) is 0 Å². The van der Waals surface area contributed by atoms with Gasteiger partial charge in [0, 0.05) is 67.8 Å². The fourth-order valence-electron chi connectivity index (χ4n) is 7.62. The average molecular weight is 759 g/mol. The summed E-state index contributed by atoms with van der Waals surface area (Å²) in [4.78, 5) is 76.0. The van der Waals surface area contributed by atoms with Crippen molar-refractivity contribution >= 4 is 62.7 Å². The van der Waals surface area contributed by atoms with Gasteiger partial charge >= 0.3 is 12.1 Å². The average Bonchev–Trinajstić information content (AvgIpc) is 3.82. The Morgan fingerprint density at radius 3 is 2.55 bits per heavy atom. The molecule has 288 valence electrons. The molecule has 0 aliphatic carbocycles. The molecule has 1 aromatic carbocycles. The number of nitrogens with zero attached hydrogens (tertiary/aromatic N) is 5. The van der Waals surface area contributed by atoms with Crippen molar-refractivity contribution in [2.24, 2.45) is 5.92 Å². The van der Waals surface area contributed by atoms with Gasteiger partial charge in [0.25, 0.3) is 5.56 Å². The molecule has 0 bridgehead atoms. The van der Waals surface area contributed by atoms with Gasteiger partial charge in [0.2, 0.25) is 11.8 Å². The van der Waals surface area contributed by atoms with E-state index < -0.39 is 65.3 Å². The van der Waals surface area contributed by atoms with Crippen molar-refractivity contribution in [1.82, 2.24) is 29.9 Å². The number of anilines is 2. The van der Waals surface area contributed by atoms with Crippen molar-refractivity contribution < 1.29 is 37.8 Å². The quantitative estimate of drug-likeness (QED) is 0.182. The number of halogens is 2. The van der Waals surface area contributed by atoms with Crippen molar-refractivity contribution in [3.63, 3.8) is 0 Å². The number of likely N-dealkylation sites (N-methyl/N-ethyl adjacent to an activating group) is 2. The minimum atomic E-state index is -1.37. The van der Waals surface area contributed by atoms with Gasteiger partial charge in [-0.2, -0.15) is 0 Å². The SMILES string of the molecule is CN1C[C@@H]2CCN(c3c(-c4ccc5ccc(C(=O)O)c(=O)n5c4)cnc4[nH]c5c(N(C)C(=O)CNC(=O)CNC(=O)OC(C)(C)C)cc(F)c(F)c5c34)[C@@H]2C1. The zero-order valence-corrected chi connectivity index (χ0v) is 30.8. The van der Waals surface area contributed by atoms with Gasteiger partial charge in [-0.1, -0.05) is 6.07 Å². The summed E-state index contributed by atoms with van der Waals surface area (Å²) < 4.78 is 38.3. The lowest BCUT2D eigenvalue weighted by Gasteiger charge is -2.29. The fourth-order valence-corrected chi connectivity index (χ4v) is 7.62. The van der Waals surface area contributed by atoms with Gasteiger partial charge in [-0.3, -0.25) is 18.8 Å². The largest absolute Gasteiger partial charge is 0.477 e. The number of aromatic nitrogens is 3. The Hall–Kier alpha value is -6.10.